The van der Waals surface area contributed by atoms with Crippen LogP contribution in [0.25, 0.3) is 0 Å². The monoisotopic (exact) mass is 571 g/mol. The maximum Gasteiger partial charge on any atom is 0.254 e. The molecule has 3 aromatic rings. The Bertz CT molecular complexity index is 1180. The van der Waals surface area contributed by atoms with Crippen molar-refractivity contribution in [3.8, 4) is 5.75 Å². The van der Waals surface area contributed by atoms with Crippen LogP contribution in [-0.4, -0.2) is 17.4 Å². The largest absolute Gasteiger partial charge is 0.493 e. The molecule has 0 saturated heterocycles. The molecule has 0 aliphatic heterocycles. The average Bonchev–Trinajstić information content (AvgIpc) is 3.00. The van der Waals surface area contributed by atoms with Gasteiger partial charge in [0, 0.05) is 30.8 Å². The van der Waals surface area contributed by atoms with Gasteiger partial charge in [0.05, 0.1) is 6.61 Å². The second kappa shape index (κ2) is 17.7. The molecule has 0 spiro atoms. The van der Waals surface area contributed by atoms with E-state index in [1.807, 2.05) is 35.2 Å². The van der Waals surface area contributed by atoms with E-state index in [1.54, 1.807) is 0 Å². The van der Waals surface area contributed by atoms with Crippen LogP contribution in [0, 0.1) is 0 Å². The second-order valence-corrected chi connectivity index (χ2v) is 12.7. The van der Waals surface area contributed by atoms with Gasteiger partial charge in [0.15, 0.2) is 12.4 Å². The topological polar surface area (TPSA) is 33.4 Å². The summed E-state index contributed by atoms with van der Waals surface area (Å²) in [5.41, 5.74) is 4.09. The maximum absolute atomic E-state index is 13.6. The van der Waals surface area contributed by atoms with Crippen molar-refractivity contribution in [3.05, 3.63) is 95.3 Å². The van der Waals surface area contributed by atoms with E-state index in [4.69, 9.17) is 4.74 Å². The lowest BCUT2D eigenvalue weighted by molar-refractivity contribution is -0.693. The van der Waals surface area contributed by atoms with E-state index in [9.17, 15) is 4.79 Å². The van der Waals surface area contributed by atoms with Crippen LogP contribution in [0.3, 0.4) is 0 Å². The highest BCUT2D eigenvalue weighted by Gasteiger charge is 2.22. The molecule has 0 aliphatic rings. The number of pyridine rings is 1. The highest BCUT2D eigenvalue weighted by molar-refractivity contribution is 5.94. The van der Waals surface area contributed by atoms with Crippen LogP contribution in [0.15, 0.2) is 73.1 Å². The molecule has 0 unspecified atom stereocenters. The van der Waals surface area contributed by atoms with Crippen LogP contribution in [-0.2, 0) is 25.0 Å². The molecule has 4 heteroatoms. The van der Waals surface area contributed by atoms with E-state index < -0.39 is 0 Å². The molecule has 3 rings (SSSR count). The Hall–Kier alpha value is -3.14. The number of nitrogens with zero attached hydrogens (tertiary/aromatic N) is 2. The van der Waals surface area contributed by atoms with Crippen molar-refractivity contribution < 1.29 is 14.1 Å². The Morgan fingerprint density at radius 1 is 0.738 bits per heavy atom. The summed E-state index contributed by atoms with van der Waals surface area (Å²) in [6.07, 6.45) is 17.4. The van der Waals surface area contributed by atoms with Crippen molar-refractivity contribution in [3.63, 3.8) is 0 Å². The van der Waals surface area contributed by atoms with Gasteiger partial charge in [-0.15, -0.1) is 0 Å². The quantitative estimate of drug-likeness (QED) is 0.113. The molecule has 1 aromatic heterocycles. The molecular weight excluding hydrogens is 516 g/mol. The Labute approximate surface area is 256 Å². The highest BCUT2D eigenvalue weighted by Crippen LogP contribution is 2.33. The normalized spacial score (nSPS) is 11.5. The number of aryl methyl sites for hydroxylation is 1. The summed E-state index contributed by atoms with van der Waals surface area (Å²) in [6.45, 7) is 13.9. The molecule has 0 radical (unpaired) electrons. The third-order valence-electron chi connectivity index (χ3n) is 7.99. The zero-order chi connectivity index (χ0) is 30.2. The number of hydrogen-bond donors (Lipinski definition) is 0. The van der Waals surface area contributed by atoms with E-state index in [0.717, 1.165) is 36.4 Å². The number of carbonyl (C=O) groups is 1. The van der Waals surface area contributed by atoms with Crippen molar-refractivity contribution in [2.45, 2.75) is 124 Å². The Kier molecular flexibility index (Phi) is 14.1. The number of benzene rings is 2. The van der Waals surface area contributed by atoms with Crippen molar-refractivity contribution >= 4 is 5.91 Å². The van der Waals surface area contributed by atoms with Crippen LogP contribution in [0.2, 0.25) is 0 Å². The molecule has 42 heavy (non-hydrogen) atoms. The molecule has 1 amide bonds. The minimum absolute atomic E-state index is 0.0430. The lowest BCUT2D eigenvalue weighted by Gasteiger charge is -2.26. The standard InChI is InChI=1S/C38H55N2O2/c1-6-8-9-10-11-12-13-14-15-19-28-42-36-23-22-33(29-35(36)38(3,4)5)31-40(37(41)34-20-17-16-18-21-34)30-32-24-26-39(7-2)27-25-32/h16-18,20-27,29H,6-15,19,28,30-31H2,1-5H3/q+1. The van der Waals surface area contributed by atoms with Crippen LogP contribution in [0.1, 0.15) is 126 Å². The molecule has 1 heterocycles. The zero-order valence-corrected chi connectivity index (χ0v) is 27.0. The molecule has 4 nitrogen and oxygen atoms in total. The van der Waals surface area contributed by atoms with Crippen molar-refractivity contribution in [2.75, 3.05) is 6.61 Å². The van der Waals surface area contributed by atoms with Gasteiger partial charge < -0.3 is 9.64 Å². The van der Waals surface area contributed by atoms with Crippen LogP contribution in [0.4, 0.5) is 0 Å². The van der Waals surface area contributed by atoms with E-state index >= 15 is 0 Å². The molecule has 0 bridgehead atoms. The first-order chi connectivity index (χ1) is 20.3. The lowest BCUT2D eigenvalue weighted by Crippen LogP contribution is -2.33. The first-order valence-corrected chi connectivity index (χ1v) is 16.4. The van der Waals surface area contributed by atoms with E-state index in [0.29, 0.717) is 18.7 Å². The molecular formula is C38H55N2O2+. The minimum atomic E-state index is -0.0649. The summed E-state index contributed by atoms with van der Waals surface area (Å²) in [7, 11) is 0. The van der Waals surface area contributed by atoms with Crippen LogP contribution < -0.4 is 9.30 Å². The molecule has 0 N–H and O–H groups in total. The first kappa shape index (κ1) is 33.4. The van der Waals surface area contributed by atoms with Crippen molar-refractivity contribution in [1.29, 1.82) is 0 Å². The van der Waals surface area contributed by atoms with Gasteiger partial charge >= 0.3 is 0 Å². The fourth-order valence-corrected chi connectivity index (χ4v) is 5.37. The van der Waals surface area contributed by atoms with E-state index in [2.05, 4.69) is 81.9 Å². The number of ether oxygens (including phenoxy) is 1. The number of amides is 1. The SMILES string of the molecule is CCCCCCCCCCCCOc1ccc(CN(Cc2cc[n+](CC)cc2)C(=O)c2ccccc2)cc1C(C)(C)C. The number of carbonyl (C=O) groups excluding carboxylic acids is 1. The van der Waals surface area contributed by atoms with E-state index in [-0.39, 0.29) is 11.3 Å². The summed E-state index contributed by atoms with van der Waals surface area (Å²) >= 11 is 0. The maximum atomic E-state index is 13.6. The first-order valence-electron chi connectivity index (χ1n) is 16.4. The average molecular weight is 572 g/mol. The summed E-state index contributed by atoms with van der Waals surface area (Å²) in [5.74, 6) is 1.01. The summed E-state index contributed by atoms with van der Waals surface area (Å²) in [4.78, 5) is 15.6. The summed E-state index contributed by atoms with van der Waals surface area (Å²) < 4.78 is 8.48. The second-order valence-electron chi connectivity index (χ2n) is 12.7. The lowest BCUT2D eigenvalue weighted by atomic mass is 9.85. The Morgan fingerprint density at radius 3 is 1.93 bits per heavy atom. The number of rotatable bonds is 18. The molecule has 0 fully saturated rings. The number of unbranched alkanes of at least 4 members (excludes halogenated alkanes) is 9. The van der Waals surface area contributed by atoms with Gasteiger partial charge in [-0.25, -0.2) is 4.57 Å². The number of hydrogen-bond acceptors (Lipinski definition) is 2. The van der Waals surface area contributed by atoms with Crippen molar-refractivity contribution in [1.82, 2.24) is 4.90 Å². The van der Waals surface area contributed by atoms with Gasteiger partial charge in [-0.2, -0.15) is 0 Å². The molecule has 0 aliphatic carbocycles. The molecule has 2 aromatic carbocycles. The third-order valence-corrected chi connectivity index (χ3v) is 7.99. The van der Waals surface area contributed by atoms with Gasteiger partial charge in [-0.1, -0.05) is 110 Å². The minimum Gasteiger partial charge on any atom is -0.493 e. The zero-order valence-electron chi connectivity index (χ0n) is 27.0. The fourth-order valence-electron chi connectivity index (χ4n) is 5.37. The van der Waals surface area contributed by atoms with Crippen LogP contribution >= 0.6 is 0 Å². The van der Waals surface area contributed by atoms with Gasteiger partial charge in [0.1, 0.15) is 12.3 Å². The van der Waals surface area contributed by atoms with Gasteiger partial charge in [-0.3, -0.25) is 4.79 Å². The Balaban J connectivity index is 1.63. The number of aromatic nitrogens is 1. The van der Waals surface area contributed by atoms with Crippen LogP contribution in [0.5, 0.6) is 5.75 Å². The van der Waals surface area contributed by atoms with Crippen molar-refractivity contribution in [2.24, 2.45) is 0 Å². The summed E-state index contributed by atoms with van der Waals surface area (Å²) in [6, 6.07) is 20.3. The third kappa shape index (κ3) is 11.3. The smallest absolute Gasteiger partial charge is 0.254 e. The molecule has 0 atom stereocenters. The van der Waals surface area contributed by atoms with Gasteiger partial charge in [0.25, 0.3) is 5.91 Å². The van der Waals surface area contributed by atoms with Gasteiger partial charge in [0.2, 0.25) is 0 Å². The fraction of sp³-hybridized carbons (Fsp3) is 0.526. The predicted molar refractivity (Wildman–Crippen MR) is 175 cm³/mol. The highest BCUT2D eigenvalue weighted by atomic mass is 16.5. The molecule has 228 valence electrons. The summed E-state index contributed by atoms with van der Waals surface area (Å²) in [5, 5.41) is 0. The van der Waals surface area contributed by atoms with E-state index in [1.165, 1.54) is 63.4 Å². The predicted octanol–water partition coefficient (Wildman–Crippen LogP) is 9.43. The van der Waals surface area contributed by atoms with Gasteiger partial charge in [-0.05, 0) is 59.7 Å². The Morgan fingerprint density at radius 2 is 1.33 bits per heavy atom. The molecule has 0 saturated carbocycles.